The van der Waals surface area contributed by atoms with E-state index in [1.54, 1.807) is 32.3 Å². The summed E-state index contributed by atoms with van der Waals surface area (Å²) >= 11 is 2.61. The van der Waals surface area contributed by atoms with Crippen LogP contribution in [-0.4, -0.2) is 50.3 Å². The van der Waals surface area contributed by atoms with Gasteiger partial charge in [0.15, 0.2) is 10.3 Å². The molecule has 6 nitrogen and oxygen atoms in total. The number of thioether (sulfide) groups is 2. The summed E-state index contributed by atoms with van der Waals surface area (Å²) < 4.78 is 0. The second-order valence-electron chi connectivity index (χ2n) is 4.90. The fourth-order valence-electron chi connectivity index (χ4n) is 1.64. The van der Waals surface area contributed by atoms with Crippen LogP contribution in [0.1, 0.15) is 26.7 Å². The van der Waals surface area contributed by atoms with Gasteiger partial charge in [-0.05, 0) is 12.5 Å². The molecule has 1 aromatic heterocycles. The van der Waals surface area contributed by atoms with Gasteiger partial charge in [0.2, 0.25) is 5.91 Å². The van der Waals surface area contributed by atoms with Crippen molar-refractivity contribution >= 4 is 34.5 Å². The number of amides is 1. The normalized spacial score (nSPS) is 13.3. The van der Waals surface area contributed by atoms with Gasteiger partial charge in [-0.3, -0.25) is 9.59 Å². The van der Waals surface area contributed by atoms with Crippen molar-refractivity contribution in [1.29, 1.82) is 0 Å². The van der Waals surface area contributed by atoms with Crippen LogP contribution in [0.2, 0.25) is 0 Å². The molecule has 1 amide bonds. The molecule has 0 bridgehead atoms. The summed E-state index contributed by atoms with van der Waals surface area (Å²) in [5, 5.41) is 13.4. The van der Waals surface area contributed by atoms with Crippen LogP contribution in [0.4, 0.5) is 0 Å². The second kappa shape index (κ2) is 11.4. The first kappa shape index (κ1) is 19.9. The molecule has 0 aliphatic heterocycles. The van der Waals surface area contributed by atoms with E-state index in [2.05, 4.69) is 15.3 Å². The van der Waals surface area contributed by atoms with Gasteiger partial charge in [-0.15, -0.1) is 0 Å². The summed E-state index contributed by atoms with van der Waals surface area (Å²) in [5.41, 5.74) is 0. The Morgan fingerprint density at radius 1 is 1.30 bits per heavy atom. The molecule has 0 aromatic carbocycles. The summed E-state index contributed by atoms with van der Waals surface area (Å²) in [6.45, 7) is 3.98. The van der Waals surface area contributed by atoms with Crippen LogP contribution in [-0.2, 0) is 9.59 Å². The van der Waals surface area contributed by atoms with Crippen molar-refractivity contribution in [3.63, 3.8) is 0 Å². The maximum Gasteiger partial charge on any atom is 0.219 e. The predicted molar refractivity (Wildman–Crippen MR) is 93.3 cm³/mol. The van der Waals surface area contributed by atoms with E-state index in [-0.39, 0.29) is 11.0 Å². The van der Waals surface area contributed by atoms with E-state index in [0.717, 1.165) is 11.8 Å². The number of aromatic nitrogens is 2. The van der Waals surface area contributed by atoms with Gasteiger partial charge in [0.05, 0.1) is 12.0 Å². The summed E-state index contributed by atoms with van der Waals surface area (Å²) in [7, 11) is 0. The highest BCUT2D eigenvalue weighted by molar-refractivity contribution is 8.13. The minimum absolute atomic E-state index is 0.0220. The molecule has 0 fully saturated rings. The molecule has 0 aliphatic carbocycles. The zero-order chi connectivity index (χ0) is 17.1. The quantitative estimate of drug-likeness (QED) is 0.374. The molecule has 0 saturated heterocycles. The molecule has 2 unspecified atom stereocenters. The lowest BCUT2D eigenvalue weighted by Crippen LogP contribution is -2.27. The molecule has 0 saturated carbocycles. The van der Waals surface area contributed by atoms with E-state index < -0.39 is 12.0 Å². The average Bonchev–Trinajstić information content (AvgIpc) is 2.58. The standard InChI is InChI=1S/C15H23N3O3S2/c1-3-13(20)16-8-10-22-14(21)11(2)12(19)5-9-23-15-17-6-4-7-18-15/h4,6-7,11-12,19H,3,5,8-10H2,1-2H3,(H,16,20). The van der Waals surface area contributed by atoms with Crippen molar-refractivity contribution in [1.82, 2.24) is 15.3 Å². The number of nitrogens with zero attached hydrogens (tertiary/aromatic N) is 2. The first-order chi connectivity index (χ1) is 11.0. The Labute approximate surface area is 145 Å². The topological polar surface area (TPSA) is 92.2 Å². The third-order valence-electron chi connectivity index (χ3n) is 3.13. The Bertz CT molecular complexity index is 488. The fraction of sp³-hybridized carbons (Fsp3) is 0.600. The molecule has 2 atom stereocenters. The summed E-state index contributed by atoms with van der Waals surface area (Å²) in [6, 6.07) is 1.75. The van der Waals surface area contributed by atoms with E-state index in [4.69, 9.17) is 0 Å². The van der Waals surface area contributed by atoms with Gasteiger partial charge >= 0.3 is 0 Å². The molecule has 1 aromatic rings. The SMILES string of the molecule is CCC(=O)NCCSC(=O)C(C)C(O)CCSc1ncccn1. The number of rotatable bonds is 10. The Kier molecular flexibility index (Phi) is 9.89. The summed E-state index contributed by atoms with van der Waals surface area (Å²) in [4.78, 5) is 31.2. The maximum absolute atomic E-state index is 12.0. The van der Waals surface area contributed by atoms with E-state index in [1.807, 2.05) is 0 Å². The number of aliphatic hydroxyl groups excluding tert-OH is 1. The van der Waals surface area contributed by atoms with Crippen molar-refractivity contribution in [2.24, 2.45) is 5.92 Å². The molecule has 1 rings (SSSR count). The molecular weight excluding hydrogens is 334 g/mol. The molecule has 0 spiro atoms. The lowest BCUT2D eigenvalue weighted by Gasteiger charge is -2.17. The molecule has 128 valence electrons. The van der Waals surface area contributed by atoms with Crippen molar-refractivity contribution < 1.29 is 14.7 Å². The van der Waals surface area contributed by atoms with Crippen molar-refractivity contribution in [3.05, 3.63) is 18.5 Å². The Balaban J connectivity index is 2.20. The highest BCUT2D eigenvalue weighted by Crippen LogP contribution is 2.20. The van der Waals surface area contributed by atoms with Crippen molar-refractivity contribution in [2.75, 3.05) is 18.1 Å². The van der Waals surface area contributed by atoms with Gasteiger partial charge in [0.25, 0.3) is 0 Å². The Hall–Kier alpha value is -1.12. The fourth-order valence-corrected chi connectivity index (χ4v) is 3.27. The van der Waals surface area contributed by atoms with Gasteiger partial charge < -0.3 is 10.4 Å². The Morgan fingerprint density at radius 2 is 2.00 bits per heavy atom. The third-order valence-corrected chi connectivity index (χ3v) is 5.10. The lowest BCUT2D eigenvalue weighted by molar-refractivity contribution is -0.120. The van der Waals surface area contributed by atoms with Gasteiger partial charge in [-0.1, -0.05) is 37.4 Å². The number of hydrogen-bond acceptors (Lipinski definition) is 7. The average molecular weight is 358 g/mol. The number of nitrogens with one attached hydrogen (secondary N) is 1. The molecule has 23 heavy (non-hydrogen) atoms. The zero-order valence-corrected chi connectivity index (χ0v) is 15.0. The van der Waals surface area contributed by atoms with Crippen LogP contribution in [0.5, 0.6) is 0 Å². The predicted octanol–water partition coefficient (Wildman–Crippen LogP) is 1.74. The molecule has 0 radical (unpaired) electrons. The third kappa shape index (κ3) is 8.34. The number of hydrogen-bond donors (Lipinski definition) is 2. The van der Waals surface area contributed by atoms with Crippen LogP contribution in [0.15, 0.2) is 23.6 Å². The lowest BCUT2D eigenvalue weighted by atomic mass is 10.0. The van der Waals surface area contributed by atoms with Gasteiger partial charge in [0.1, 0.15) is 0 Å². The van der Waals surface area contributed by atoms with Crippen LogP contribution < -0.4 is 5.32 Å². The molecule has 1 heterocycles. The smallest absolute Gasteiger partial charge is 0.219 e. The number of aliphatic hydroxyl groups is 1. The first-order valence-electron chi connectivity index (χ1n) is 7.55. The highest BCUT2D eigenvalue weighted by Gasteiger charge is 2.22. The van der Waals surface area contributed by atoms with E-state index in [1.165, 1.54) is 11.8 Å². The van der Waals surface area contributed by atoms with E-state index in [0.29, 0.717) is 36.0 Å². The number of carbonyl (C=O) groups is 2. The van der Waals surface area contributed by atoms with Crippen LogP contribution in [0.3, 0.4) is 0 Å². The minimum atomic E-state index is -0.684. The van der Waals surface area contributed by atoms with E-state index >= 15 is 0 Å². The monoisotopic (exact) mass is 357 g/mol. The van der Waals surface area contributed by atoms with Gasteiger partial charge in [-0.2, -0.15) is 0 Å². The van der Waals surface area contributed by atoms with Crippen molar-refractivity contribution in [3.8, 4) is 0 Å². The van der Waals surface area contributed by atoms with Gasteiger partial charge in [0, 0.05) is 36.9 Å². The van der Waals surface area contributed by atoms with Crippen LogP contribution >= 0.6 is 23.5 Å². The van der Waals surface area contributed by atoms with Crippen LogP contribution in [0, 0.1) is 5.92 Å². The largest absolute Gasteiger partial charge is 0.392 e. The molecule has 8 heteroatoms. The Morgan fingerprint density at radius 3 is 2.65 bits per heavy atom. The van der Waals surface area contributed by atoms with Crippen molar-refractivity contribution in [2.45, 2.75) is 37.9 Å². The van der Waals surface area contributed by atoms with Gasteiger partial charge in [-0.25, -0.2) is 9.97 Å². The minimum Gasteiger partial charge on any atom is -0.392 e. The van der Waals surface area contributed by atoms with Crippen LogP contribution in [0.25, 0.3) is 0 Å². The molecule has 0 aliphatic rings. The zero-order valence-electron chi connectivity index (χ0n) is 13.4. The van der Waals surface area contributed by atoms with E-state index in [9.17, 15) is 14.7 Å². The number of carbonyl (C=O) groups excluding carboxylic acids is 2. The molecular formula is C15H23N3O3S2. The summed E-state index contributed by atoms with van der Waals surface area (Å²) in [6.07, 6.45) is 3.61. The summed E-state index contributed by atoms with van der Waals surface area (Å²) in [5.74, 6) is 0.722. The second-order valence-corrected chi connectivity index (χ2v) is 7.06. The maximum atomic E-state index is 12.0. The molecule has 2 N–H and O–H groups in total. The highest BCUT2D eigenvalue weighted by atomic mass is 32.2. The first-order valence-corrected chi connectivity index (χ1v) is 9.53.